The van der Waals surface area contributed by atoms with Gasteiger partial charge in [0.1, 0.15) is 11.5 Å². The van der Waals surface area contributed by atoms with Gasteiger partial charge in [-0.2, -0.15) is 0 Å². The Bertz CT molecular complexity index is 435. The molecule has 0 aliphatic carbocycles. The molecule has 0 aliphatic heterocycles. The zero-order valence-corrected chi connectivity index (χ0v) is 13.5. The lowest BCUT2D eigenvalue weighted by Gasteiger charge is -2.19. The van der Waals surface area contributed by atoms with E-state index in [4.69, 9.17) is 4.74 Å². The molecule has 2 heteroatoms. The van der Waals surface area contributed by atoms with Gasteiger partial charge in [0.2, 0.25) is 0 Å². The number of carbonyl (C=O) groups is 1. The summed E-state index contributed by atoms with van der Waals surface area (Å²) < 4.78 is 5.71. The van der Waals surface area contributed by atoms with Crippen molar-refractivity contribution in [2.45, 2.75) is 65.7 Å². The fourth-order valence-electron chi connectivity index (χ4n) is 2.54. The molecule has 20 heavy (non-hydrogen) atoms. The van der Waals surface area contributed by atoms with E-state index in [9.17, 15) is 4.79 Å². The van der Waals surface area contributed by atoms with E-state index in [0.717, 1.165) is 18.6 Å². The van der Waals surface area contributed by atoms with Gasteiger partial charge in [-0.15, -0.1) is 0 Å². The van der Waals surface area contributed by atoms with Crippen LogP contribution < -0.4 is 4.74 Å². The molecule has 2 nitrogen and oxygen atoms in total. The Morgan fingerprint density at radius 1 is 1.25 bits per heavy atom. The van der Waals surface area contributed by atoms with Crippen LogP contribution in [0.4, 0.5) is 0 Å². The smallest absolute Gasteiger partial charge is 0.129 e. The molecule has 1 unspecified atom stereocenters. The summed E-state index contributed by atoms with van der Waals surface area (Å²) in [6, 6.07) is 6.51. The van der Waals surface area contributed by atoms with Gasteiger partial charge in [0, 0.05) is 6.42 Å². The third-order valence-electron chi connectivity index (χ3n) is 3.76. The third kappa shape index (κ3) is 4.66. The lowest BCUT2D eigenvalue weighted by Crippen LogP contribution is -2.04. The molecule has 0 saturated heterocycles. The van der Waals surface area contributed by atoms with E-state index in [1.54, 1.807) is 6.92 Å². The van der Waals surface area contributed by atoms with Crippen molar-refractivity contribution in [1.82, 2.24) is 0 Å². The van der Waals surface area contributed by atoms with E-state index >= 15 is 0 Å². The lowest BCUT2D eigenvalue weighted by molar-refractivity contribution is -0.117. The van der Waals surface area contributed by atoms with E-state index in [0.29, 0.717) is 24.9 Å². The Morgan fingerprint density at radius 3 is 2.45 bits per heavy atom. The normalized spacial score (nSPS) is 12.5. The summed E-state index contributed by atoms with van der Waals surface area (Å²) in [5.41, 5.74) is 2.60. The molecule has 1 aromatic rings. The van der Waals surface area contributed by atoms with Crippen molar-refractivity contribution < 1.29 is 9.53 Å². The second-order valence-electron chi connectivity index (χ2n) is 5.73. The SMILES string of the molecule is CCOc1ccc(C(CC)CCC(C)=O)cc1C(C)C. The molecule has 0 amide bonds. The Balaban J connectivity index is 2.99. The standard InChI is InChI=1S/C18H28O2/c1-6-15(9-8-14(5)19)16-10-11-18(20-7-2)17(12-16)13(3)4/h10-13,15H,6-9H2,1-5H3. The lowest BCUT2D eigenvalue weighted by atomic mass is 9.88. The largest absolute Gasteiger partial charge is 0.494 e. The molecule has 0 N–H and O–H groups in total. The van der Waals surface area contributed by atoms with Crippen LogP contribution in [-0.2, 0) is 4.79 Å². The molecule has 0 fully saturated rings. The van der Waals surface area contributed by atoms with Crippen molar-refractivity contribution in [2.75, 3.05) is 6.61 Å². The molecule has 0 saturated carbocycles. The summed E-state index contributed by atoms with van der Waals surface area (Å²) in [6.45, 7) is 11.0. The maximum Gasteiger partial charge on any atom is 0.129 e. The van der Waals surface area contributed by atoms with Gasteiger partial charge in [0.05, 0.1) is 6.61 Å². The Hall–Kier alpha value is -1.31. The maximum absolute atomic E-state index is 11.2. The Labute approximate surface area is 123 Å². The minimum Gasteiger partial charge on any atom is -0.494 e. The number of carbonyl (C=O) groups excluding carboxylic acids is 1. The van der Waals surface area contributed by atoms with Gasteiger partial charge in [-0.1, -0.05) is 32.9 Å². The quantitative estimate of drug-likeness (QED) is 0.662. The molecule has 1 atom stereocenters. The van der Waals surface area contributed by atoms with Gasteiger partial charge in [-0.3, -0.25) is 0 Å². The van der Waals surface area contributed by atoms with Crippen LogP contribution in [0, 0.1) is 0 Å². The highest BCUT2D eigenvalue weighted by Crippen LogP contribution is 2.33. The molecular formula is C18H28O2. The summed E-state index contributed by atoms with van der Waals surface area (Å²) in [7, 11) is 0. The summed E-state index contributed by atoms with van der Waals surface area (Å²) in [4.78, 5) is 11.2. The van der Waals surface area contributed by atoms with Gasteiger partial charge >= 0.3 is 0 Å². The van der Waals surface area contributed by atoms with Gasteiger partial charge in [0.25, 0.3) is 0 Å². The third-order valence-corrected chi connectivity index (χ3v) is 3.76. The zero-order chi connectivity index (χ0) is 15.1. The molecule has 0 aliphatic rings. The zero-order valence-electron chi connectivity index (χ0n) is 13.5. The summed E-state index contributed by atoms with van der Waals surface area (Å²) in [6.07, 6.45) is 2.68. The minimum absolute atomic E-state index is 0.276. The number of hydrogen-bond acceptors (Lipinski definition) is 2. The molecule has 0 aromatic heterocycles. The van der Waals surface area contributed by atoms with Crippen LogP contribution in [0.25, 0.3) is 0 Å². The Kier molecular flexibility index (Phi) is 6.77. The van der Waals surface area contributed by atoms with E-state index in [1.807, 2.05) is 6.92 Å². The van der Waals surface area contributed by atoms with E-state index in [-0.39, 0.29) is 5.78 Å². The monoisotopic (exact) mass is 276 g/mol. The molecule has 0 radical (unpaired) electrons. The highest BCUT2D eigenvalue weighted by molar-refractivity contribution is 5.75. The molecule has 1 aromatic carbocycles. The number of ketones is 1. The number of rotatable bonds is 8. The van der Waals surface area contributed by atoms with Gasteiger partial charge in [-0.25, -0.2) is 0 Å². The van der Waals surface area contributed by atoms with Crippen molar-refractivity contribution in [1.29, 1.82) is 0 Å². The minimum atomic E-state index is 0.276. The van der Waals surface area contributed by atoms with Crippen LogP contribution in [0.5, 0.6) is 5.75 Å². The average molecular weight is 276 g/mol. The van der Waals surface area contributed by atoms with E-state index < -0.39 is 0 Å². The van der Waals surface area contributed by atoms with Gasteiger partial charge in [0.15, 0.2) is 0 Å². The van der Waals surface area contributed by atoms with Crippen molar-refractivity contribution >= 4 is 5.78 Å². The van der Waals surface area contributed by atoms with Crippen LogP contribution in [0.15, 0.2) is 18.2 Å². The van der Waals surface area contributed by atoms with E-state index in [1.165, 1.54) is 11.1 Å². The highest BCUT2D eigenvalue weighted by atomic mass is 16.5. The second-order valence-corrected chi connectivity index (χ2v) is 5.73. The van der Waals surface area contributed by atoms with Crippen molar-refractivity contribution in [3.8, 4) is 5.75 Å². The van der Waals surface area contributed by atoms with Gasteiger partial charge in [-0.05, 0) is 55.7 Å². The maximum atomic E-state index is 11.2. The first kappa shape index (κ1) is 16.7. The van der Waals surface area contributed by atoms with Crippen molar-refractivity contribution in [3.63, 3.8) is 0 Å². The van der Waals surface area contributed by atoms with Crippen LogP contribution in [0.2, 0.25) is 0 Å². The molecule has 0 heterocycles. The van der Waals surface area contributed by atoms with Crippen LogP contribution in [-0.4, -0.2) is 12.4 Å². The van der Waals surface area contributed by atoms with Gasteiger partial charge < -0.3 is 9.53 Å². The van der Waals surface area contributed by atoms with Crippen molar-refractivity contribution in [2.24, 2.45) is 0 Å². The fraction of sp³-hybridized carbons (Fsp3) is 0.611. The second kappa shape index (κ2) is 8.08. The topological polar surface area (TPSA) is 26.3 Å². The van der Waals surface area contributed by atoms with Crippen LogP contribution >= 0.6 is 0 Å². The number of hydrogen-bond donors (Lipinski definition) is 0. The summed E-state index contributed by atoms with van der Waals surface area (Å²) in [5, 5.41) is 0. The predicted octanol–water partition coefficient (Wildman–Crippen LogP) is 5.07. The number of Topliss-reactive ketones (excluding diaryl/α,β-unsaturated/α-hetero) is 1. The van der Waals surface area contributed by atoms with Crippen LogP contribution in [0.1, 0.15) is 76.8 Å². The highest BCUT2D eigenvalue weighted by Gasteiger charge is 2.15. The fourth-order valence-corrected chi connectivity index (χ4v) is 2.54. The first-order valence-corrected chi connectivity index (χ1v) is 7.75. The summed E-state index contributed by atoms with van der Waals surface area (Å²) >= 11 is 0. The molecule has 112 valence electrons. The number of ether oxygens (including phenoxy) is 1. The Morgan fingerprint density at radius 2 is 1.95 bits per heavy atom. The molecular weight excluding hydrogens is 248 g/mol. The number of benzene rings is 1. The molecule has 0 spiro atoms. The van der Waals surface area contributed by atoms with Crippen LogP contribution in [0.3, 0.4) is 0 Å². The predicted molar refractivity (Wildman–Crippen MR) is 84.6 cm³/mol. The molecule has 0 bridgehead atoms. The summed E-state index contributed by atoms with van der Waals surface area (Å²) in [5.74, 6) is 2.18. The van der Waals surface area contributed by atoms with E-state index in [2.05, 4.69) is 39.0 Å². The first-order chi connectivity index (χ1) is 9.49. The van der Waals surface area contributed by atoms with Crippen molar-refractivity contribution in [3.05, 3.63) is 29.3 Å². The molecule has 1 rings (SSSR count). The average Bonchev–Trinajstić information content (AvgIpc) is 2.40. The first-order valence-electron chi connectivity index (χ1n) is 7.75.